The molecule has 2 aromatic rings. The summed E-state index contributed by atoms with van der Waals surface area (Å²) < 4.78 is 15.0. The molecular weight excluding hydrogens is 221 g/mol. The molecule has 0 atom stereocenters. The predicted octanol–water partition coefficient (Wildman–Crippen LogP) is 1.97. The third-order valence-electron chi connectivity index (χ3n) is 2.39. The van der Waals surface area contributed by atoms with Crippen molar-refractivity contribution < 1.29 is 9.18 Å². The van der Waals surface area contributed by atoms with Crippen molar-refractivity contribution in [3.63, 3.8) is 0 Å². The van der Waals surface area contributed by atoms with E-state index >= 15 is 0 Å². The quantitative estimate of drug-likeness (QED) is 0.881. The number of aryl methyl sites for hydroxylation is 1. The van der Waals surface area contributed by atoms with E-state index in [1.54, 1.807) is 36.0 Å². The fourth-order valence-electron chi connectivity index (χ4n) is 1.48. The molecule has 1 heterocycles. The third kappa shape index (κ3) is 2.69. The Morgan fingerprint density at radius 2 is 2.24 bits per heavy atom. The minimum atomic E-state index is -0.441. The van der Waals surface area contributed by atoms with Gasteiger partial charge in [0.2, 0.25) is 5.91 Å². The van der Waals surface area contributed by atoms with Gasteiger partial charge < -0.3 is 9.88 Å². The molecule has 0 aliphatic carbocycles. The largest absolute Gasteiger partial charge is 0.326 e. The molecule has 0 saturated heterocycles. The average molecular weight is 233 g/mol. The molecule has 1 N–H and O–H groups in total. The molecule has 1 aromatic carbocycles. The maximum absolute atomic E-state index is 13.3. The Balaban J connectivity index is 2.03. The second-order valence-corrected chi connectivity index (χ2v) is 3.63. The molecule has 4 nitrogen and oxygen atoms in total. The highest BCUT2D eigenvalue weighted by Gasteiger charge is 2.07. The number of carbonyl (C=O) groups is 1. The van der Waals surface area contributed by atoms with Crippen molar-refractivity contribution in [3.05, 3.63) is 48.3 Å². The molecule has 1 amide bonds. The van der Waals surface area contributed by atoms with Gasteiger partial charge in [0.05, 0.1) is 5.69 Å². The molecule has 5 heteroatoms. The van der Waals surface area contributed by atoms with Crippen LogP contribution < -0.4 is 5.32 Å². The van der Waals surface area contributed by atoms with Crippen molar-refractivity contribution in [3.8, 4) is 0 Å². The lowest BCUT2D eigenvalue weighted by atomic mass is 10.3. The number of aromatic nitrogens is 2. The summed E-state index contributed by atoms with van der Waals surface area (Å²) in [5.41, 5.74) is 0.190. The first-order valence-corrected chi connectivity index (χ1v) is 5.19. The van der Waals surface area contributed by atoms with Crippen LogP contribution in [0, 0.1) is 12.7 Å². The lowest BCUT2D eigenvalue weighted by Gasteiger charge is -2.07. The maximum atomic E-state index is 13.3. The Morgan fingerprint density at radius 1 is 1.47 bits per heavy atom. The van der Waals surface area contributed by atoms with Crippen molar-refractivity contribution in [2.75, 3.05) is 5.32 Å². The van der Waals surface area contributed by atoms with Crippen LogP contribution in [0.15, 0.2) is 36.7 Å². The van der Waals surface area contributed by atoms with Crippen LogP contribution in [0.1, 0.15) is 5.82 Å². The van der Waals surface area contributed by atoms with Crippen molar-refractivity contribution in [2.24, 2.45) is 0 Å². The van der Waals surface area contributed by atoms with Crippen LogP contribution in [0.4, 0.5) is 10.1 Å². The van der Waals surface area contributed by atoms with E-state index in [2.05, 4.69) is 10.3 Å². The van der Waals surface area contributed by atoms with Crippen LogP contribution in [-0.4, -0.2) is 15.5 Å². The van der Waals surface area contributed by atoms with Gasteiger partial charge in [0, 0.05) is 12.4 Å². The van der Waals surface area contributed by atoms with Gasteiger partial charge in [-0.1, -0.05) is 12.1 Å². The average Bonchev–Trinajstić information content (AvgIpc) is 2.68. The van der Waals surface area contributed by atoms with Crippen molar-refractivity contribution in [1.82, 2.24) is 9.55 Å². The SMILES string of the molecule is Cc1nccn1CC(=O)Nc1ccccc1F. The minimum Gasteiger partial charge on any atom is -0.326 e. The van der Waals surface area contributed by atoms with E-state index in [-0.39, 0.29) is 18.1 Å². The highest BCUT2D eigenvalue weighted by Crippen LogP contribution is 2.12. The van der Waals surface area contributed by atoms with E-state index < -0.39 is 5.82 Å². The molecule has 17 heavy (non-hydrogen) atoms. The summed E-state index contributed by atoms with van der Waals surface area (Å²) in [5, 5.41) is 2.51. The Bertz CT molecular complexity index is 536. The Labute approximate surface area is 98.1 Å². The Hall–Kier alpha value is -2.17. The molecule has 0 fully saturated rings. The normalized spacial score (nSPS) is 10.2. The van der Waals surface area contributed by atoms with E-state index in [0.717, 1.165) is 5.82 Å². The Kier molecular flexibility index (Phi) is 3.18. The smallest absolute Gasteiger partial charge is 0.244 e. The number of nitrogens with one attached hydrogen (secondary N) is 1. The number of halogens is 1. The minimum absolute atomic E-state index is 0.125. The standard InChI is InChI=1S/C12H12FN3O/c1-9-14-6-7-16(9)8-12(17)15-11-5-3-2-4-10(11)13/h2-7H,8H2,1H3,(H,15,17). The van der Waals surface area contributed by atoms with Gasteiger partial charge in [-0.3, -0.25) is 4.79 Å². The van der Waals surface area contributed by atoms with E-state index in [4.69, 9.17) is 0 Å². The number of hydrogen-bond acceptors (Lipinski definition) is 2. The van der Waals surface area contributed by atoms with Crippen LogP contribution in [0.25, 0.3) is 0 Å². The molecular formula is C12H12FN3O. The summed E-state index contributed by atoms with van der Waals surface area (Å²) in [5.74, 6) is 0.0214. The number of para-hydroxylation sites is 1. The first-order valence-electron chi connectivity index (χ1n) is 5.19. The maximum Gasteiger partial charge on any atom is 0.244 e. The summed E-state index contributed by atoms with van der Waals surface area (Å²) in [4.78, 5) is 15.7. The monoisotopic (exact) mass is 233 g/mol. The third-order valence-corrected chi connectivity index (χ3v) is 2.39. The molecule has 0 aliphatic rings. The second kappa shape index (κ2) is 4.78. The number of benzene rings is 1. The summed E-state index contributed by atoms with van der Waals surface area (Å²) in [6, 6.07) is 6.07. The molecule has 1 aromatic heterocycles. The molecule has 0 saturated carbocycles. The molecule has 88 valence electrons. The summed E-state index contributed by atoms with van der Waals surface area (Å²) in [7, 11) is 0. The number of nitrogens with zero attached hydrogens (tertiary/aromatic N) is 2. The molecule has 0 unspecified atom stereocenters. The number of imidazole rings is 1. The van der Waals surface area contributed by atoms with E-state index in [9.17, 15) is 9.18 Å². The number of rotatable bonds is 3. The van der Waals surface area contributed by atoms with Crippen LogP contribution >= 0.6 is 0 Å². The van der Waals surface area contributed by atoms with Gasteiger partial charge in [-0.25, -0.2) is 9.37 Å². The van der Waals surface area contributed by atoms with Gasteiger partial charge >= 0.3 is 0 Å². The number of carbonyl (C=O) groups excluding carboxylic acids is 1. The zero-order chi connectivity index (χ0) is 12.3. The molecule has 0 spiro atoms. The van der Waals surface area contributed by atoms with Crippen LogP contribution in [-0.2, 0) is 11.3 Å². The highest BCUT2D eigenvalue weighted by atomic mass is 19.1. The molecule has 0 aliphatic heterocycles. The highest BCUT2D eigenvalue weighted by molar-refractivity contribution is 5.90. The fraction of sp³-hybridized carbons (Fsp3) is 0.167. The van der Waals surface area contributed by atoms with Gasteiger partial charge in [-0.05, 0) is 19.1 Å². The second-order valence-electron chi connectivity index (χ2n) is 3.63. The number of anilines is 1. The first kappa shape index (κ1) is 11.3. The van der Waals surface area contributed by atoms with Gasteiger partial charge in [-0.2, -0.15) is 0 Å². The zero-order valence-corrected chi connectivity index (χ0v) is 9.35. The van der Waals surface area contributed by atoms with Crippen LogP contribution in [0.3, 0.4) is 0 Å². The fourth-order valence-corrected chi connectivity index (χ4v) is 1.48. The summed E-state index contributed by atoms with van der Waals surface area (Å²) >= 11 is 0. The number of hydrogen-bond donors (Lipinski definition) is 1. The lowest BCUT2D eigenvalue weighted by Crippen LogP contribution is -2.19. The van der Waals surface area contributed by atoms with Gasteiger partial charge in [0.15, 0.2) is 0 Å². The first-order chi connectivity index (χ1) is 8.16. The topological polar surface area (TPSA) is 46.9 Å². The van der Waals surface area contributed by atoms with Crippen molar-refractivity contribution >= 4 is 11.6 Å². The van der Waals surface area contributed by atoms with Crippen molar-refractivity contribution in [1.29, 1.82) is 0 Å². The number of amides is 1. The van der Waals surface area contributed by atoms with Crippen LogP contribution in [0.5, 0.6) is 0 Å². The summed E-state index contributed by atoms with van der Waals surface area (Å²) in [6.07, 6.45) is 3.32. The molecule has 2 rings (SSSR count). The van der Waals surface area contributed by atoms with Gasteiger partial charge in [0.25, 0.3) is 0 Å². The lowest BCUT2D eigenvalue weighted by molar-refractivity contribution is -0.116. The van der Waals surface area contributed by atoms with Crippen molar-refractivity contribution in [2.45, 2.75) is 13.5 Å². The zero-order valence-electron chi connectivity index (χ0n) is 9.35. The molecule has 0 radical (unpaired) electrons. The van der Waals surface area contributed by atoms with Gasteiger partial charge in [0.1, 0.15) is 18.2 Å². The Morgan fingerprint density at radius 3 is 2.88 bits per heavy atom. The van der Waals surface area contributed by atoms with E-state index in [1.165, 1.54) is 12.1 Å². The van der Waals surface area contributed by atoms with Gasteiger partial charge in [-0.15, -0.1) is 0 Å². The van der Waals surface area contributed by atoms with E-state index in [1.807, 2.05) is 0 Å². The molecule has 0 bridgehead atoms. The van der Waals surface area contributed by atoms with Crippen LogP contribution in [0.2, 0.25) is 0 Å². The van der Waals surface area contributed by atoms with E-state index in [0.29, 0.717) is 0 Å². The summed E-state index contributed by atoms with van der Waals surface area (Å²) in [6.45, 7) is 1.93. The predicted molar refractivity (Wildman–Crippen MR) is 62.0 cm³/mol.